The predicted octanol–water partition coefficient (Wildman–Crippen LogP) is 6.50. The molecule has 1 nitrogen and oxygen atoms in total. The molecule has 0 atom stereocenters. The minimum Gasteiger partial charge on any atom is -0.454 e. The fourth-order valence-electron chi connectivity index (χ4n) is 3.26. The highest BCUT2D eigenvalue weighted by Gasteiger charge is 2.21. The zero-order chi connectivity index (χ0) is 17.3. The minimum absolute atomic E-state index is 0.0226. The Kier molecular flexibility index (Phi) is 4.83. The second-order valence-corrected chi connectivity index (χ2v) is 6.76. The maximum atomic E-state index is 14.3. The number of benzene rings is 2. The maximum absolute atomic E-state index is 14.3. The molecule has 2 aromatic carbocycles. The highest BCUT2D eigenvalue weighted by molar-refractivity contribution is 5.37. The molecule has 0 heterocycles. The normalized spacial score (nSPS) is 20.9. The molecule has 0 aliphatic heterocycles. The minimum atomic E-state index is -0.710. The lowest BCUT2D eigenvalue weighted by Gasteiger charge is -2.26. The average Bonchev–Trinajstić information content (AvgIpc) is 2.55. The quantitative estimate of drug-likeness (QED) is 0.622. The van der Waals surface area contributed by atoms with Gasteiger partial charge >= 0.3 is 0 Å². The van der Waals surface area contributed by atoms with Gasteiger partial charge in [0.2, 0.25) is 0 Å². The van der Waals surface area contributed by atoms with Gasteiger partial charge in [0.05, 0.1) is 0 Å². The molecule has 1 saturated carbocycles. The van der Waals surface area contributed by atoms with E-state index < -0.39 is 17.5 Å². The summed E-state index contributed by atoms with van der Waals surface area (Å²) < 4.78 is 46.8. The third-order valence-electron chi connectivity index (χ3n) is 4.93. The molecule has 1 aliphatic rings. The van der Waals surface area contributed by atoms with E-state index in [4.69, 9.17) is 4.74 Å². The van der Waals surface area contributed by atoms with Crippen molar-refractivity contribution in [3.63, 3.8) is 0 Å². The van der Waals surface area contributed by atoms with Gasteiger partial charge in [0, 0.05) is 17.7 Å². The van der Waals surface area contributed by atoms with Crippen LogP contribution >= 0.6 is 0 Å². The number of rotatable bonds is 3. The molecular formula is C20H21F3O. The lowest BCUT2D eigenvalue weighted by molar-refractivity contribution is 0.346. The molecule has 4 heteroatoms. The molecule has 1 fully saturated rings. The van der Waals surface area contributed by atoms with Gasteiger partial charge in [-0.25, -0.2) is 13.2 Å². The van der Waals surface area contributed by atoms with E-state index in [-0.39, 0.29) is 17.1 Å². The summed E-state index contributed by atoms with van der Waals surface area (Å²) in [6.07, 6.45) is 4.45. The Bertz CT molecular complexity index is 711. The Morgan fingerprint density at radius 2 is 1.50 bits per heavy atom. The third kappa shape index (κ3) is 3.58. The summed E-state index contributed by atoms with van der Waals surface area (Å²) in [6.45, 7) is 3.59. The summed E-state index contributed by atoms with van der Waals surface area (Å²) in [4.78, 5) is 0. The molecule has 0 aromatic heterocycles. The average molecular weight is 334 g/mol. The largest absolute Gasteiger partial charge is 0.454 e. The molecule has 0 radical (unpaired) electrons. The number of hydrogen-bond donors (Lipinski definition) is 0. The van der Waals surface area contributed by atoms with Gasteiger partial charge in [-0.05, 0) is 49.3 Å². The van der Waals surface area contributed by atoms with Crippen LogP contribution in [0, 0.1) is 30.3 Å². The van der Waals surface area contributed by atoms with Crippen LogP contribution in [0.25, 0.3) is 0 Å². The molecule has 0 spiro atoms. The van der Waals surface area contributed by atoms with E-state index in [1.165, 1.54) is 13.0 Å². The molecule has 0 amide bonds. The van der Waals surface area contributed by atoms with E-state index in [2.05, 4.69) is 6.92 Å². The van der Waals surface area contributed by atoms with Gasteiger partial charge in [0.1, 0.15) is 17.4 Å². The summed E-state index contributed by atoms with van der Waals surface area (Å²) in [5, 5.41) is 0. The molecule has 0 unspecified atom stereocenters. The first kappa shape index (κ1) is 16.9. The van der Waals surface area contributed by atoms with Gasteiger partial charge in [-0.15, -0.1) is 0 Å². The summed E-state index contributed by atoms with van der Waals surface area (Å²) in [7, 11) is 0. The van der Waals surface area contributed by atoms with Crippen LogP contribution in [0.2, 0.25) is 0 Å². The van der Waals surface area contributed by atoms with Gasteiger partial charge < -0.3 is 4.74 Å². The molecule has 0 bridgehead atoms. The molecular weight excluding hydrogens is 313 g/mol. The van der Waals surface area contributed by atoms with Crippen molar-refractivity contribution in [2.45, 2.75) is 45.4 Å². The summed E-state index contributed by atoms with van der Waals surface area (Å²) in [6, 6.07) is 7.00. The van der Waals surface area contributed by atoms with Gasteiger partial charge in [-0.3, -0.25) is 0 Å². The van der Waals surface area contributed by atoms with Crippen LogP contribution in [0.5, 0.6) is 11.5 Å². The molecule has 3 rings (SSSR count). The van der Waals surface area contributed by atoms with Crippen LogP contribution in [-0.2, 0) is 0 Å². The topological polar surface area (TPSA) is 9.23 Å². The van der Waals surface area contributed by atoms with E-state index in [9.17, 15) is 13.2 Å². The fraction of sp³-hybridized carbons (Fsp3) is 0.400. The van der Waals surface area contributed by atoms with E-state index in [1.807, 2.05) is 6.07 Å². The Morgan fingerprint density at radius 3 is 2.08 bits per heavy atom. The highest BCUT2D eigenvalue weighted by atomic mass is 19.1. The summed E-state index contributed by atoms with van der Waals surface area (Å²) in [5.41, 5.74) is 0.887. The first-order chi connectivity index (χ1) is 11.4. The van der Waals surface area contributed by atoms with Crippen LogP contribution in [0.1, 0.15) is 49.7 Å². The third-order valence-corrected chi connectivity index (χ3v) is 4.93. The molecule has 0 N–H and O–H groups in total. The van der Waals surface area contributed by atoms with Crippen molar-refractivity contribution in [2.24, 2.45) is 5.92 Å². The zero-order valence-corrected chi connectivity index (χ0v) is 13.9. The van der Waals surface area contributed by atoms with E-state index in [1.54, 1.807) is 6.07 Å². The lowest BCUT2D eigenvalue weighted by atomic mass is 9.79. The summed E-state index contributed by atoms with van der Waals surface area (Å²) >= 11 is 0. The molecule has 24 heavy (non-hydrogen) atoms. The molecule has 128 valence electrons. The van der Waals surface area contributed by atoms with Crippen LogP contribution in [-0.4, -0.2) is 0 Å². The van der Waals surface area contributed by atoms with Crippen molar-refractivity contribution in [3.8, 4) is 11.5 Å². The van der Waals surface area contributed by atoms with E-state index >= 15 is 0 Å². The van der Waals surface area contributed by atoms with Crippen molar-refractivity contribution in [1.82, 2.24) is 0 Å². The second-order valence-electron chi connectivity index (χ2n) is 6.76. The SMILES string of the molecule is Cc1c(F)cc(Oc2ccc(C3CCC(C)CC3)cc2F)cc1F. The van der Waals surface area contributed by atoms with E-state index in [0.29, 0.717) is 5.92 Å². The maximum Gasteiger partial charge on any atom is 0.166 e. The molecule has 0 saturated heterocycles. The van der Waals surface area contributed by atoms with Crippen molar-refractivity contribution < 1.29 is 17.9 Å². The van der Waals surface area contributed by atoms with Crippen molar-refractivity contribution in [2.75, 3.05) is 0 Å². The van der Waals surface area contributed by atoms with Crippen LogP contribution in [0.4, 0.5) is 13.2 Å². The van der Waals surface area contributed by atoms with Gasteiger partial charge in [0.25, 0.3) is 0 Å². The van der Waals surface area contributed by atoms with Gasteiger partial charge in [0.15, 0.2) is 11.6 Å². The predicted molar refractivity (Wildman–Crippen MR) is 87.9 cm³/mol. The van der Waals surface area contributed by atoms with Crippen molar-refractivity contribution in [3.05, 3.63) is 58.9 Å². The van der Waals surface area contributed by atoms with Gasteiger partial charge in [-0.2, -0.15) is 0 Å². The Balaban J connectivity index is 1.78. The molecule has 1 aliphatic carbocycles. The Morgan fingerprint density at radius 1 is 0.875 bits per heavy atom. The first-order valence-electron chi connectivity index (χ1n) is 8.37. The van der Waals surface area contributed by atoms with Gasteiger partial charge in [-0.1, -0.05) is 25.8 Å². The Labute approximate surface area is 140 Å². The fourth-order valence-corrected chi connectivity index (χ4v) is 3.26. The van der Waals surface area contributed by atoms with Crippen molar-refractivity contribution in [1.29, 1.82) is 0 Å². The Hall–Kier alpha value is -1.97. The van der Waals surface area contributed by atoms with Crippen LogP contribution in [0.3, 0.4) is 0 Å². The number of hydrogen-bond acceptors (Lipinski definition) is 1. The highest BCUT2D eigenvalue weighted by Crippen LogP contribution is 2.37. The van der Waals surface area contributed by atoms with Crippen LogP contribution < -0.4 is 4.74 Å². The van der Waals surface area contributed by atoms with Crippen LogP contribution in [0.15, 0.2) is 30.3 Å². The zero-order valence-electron chi connectivity index (χ0n) is 13.9. The monoisotopic (exact) mass is 334 g/mol. The van der Waals surface area contributed by atoms with E-state index in [0.717, 1.165) is 49.3 Å². The standard InChI is InChI=1S/C20H21F3O/c1-12-3-5-14(6-4-12)15-7-8-20(19(23)9-15)24-16-10-17(21)13(2)18(22)11-16/h7-12,14H,3-6H2,1-2H3. The first-order valence-corrected chi connectivity index (χ1v) is 8.37. The number of ether oxygens (including phenoxy) is 1. The van der Waals surface area contributed by atoms with Crippen molar-refractivity contribution >= 4 is 0 Å². The summed E-state index contributed by atoms with van der Waals surface area (Å²) in [5.74, 6) is -0.886. The smallest absolute Gasteiger partial charge is 0.166 e. The number of halogens is 3. The lowest BCUT2D eigenvalue weighted by Crippen LogP contribution is -2.11. The second kappa shape index (κ2) is 6.88. The molecule has 2 aromatic rings.